The number of nitrogens with zero attached hydrogens (tertiary/aromatic N) is 1. The van der Waals surface area contributed by atoms with E-state index in [2.05, 4.69) is 21.2 Å². The SMILES string of the molecule is N#C/C(=C\c1ccc(OCC(=O)O)c(Br)c1)C(=O)Nc1cccc(Cl)c1. The molecule has 0 bridgehead atoms. The summed E-state index contributed by atoms with van der Waals surface area (Å²) < 4.78 is 5.60. The van der Waals surface area contributed by atoms with Crippen LogP contribution in [0.15, 0.2) is 52.5 Å². The molecule has 0 aliphatic heterocycles. The van der Waals surface area contributed by atoms with Crippen molar-refractivity contribution in [1.29, 1.82) is 5.26 Å². The molecular formula is C18H12BrClN2O4. The van der Waals surface area contributed by atoms with Crippen molar-refractivity contribution in [3.8, 4) is 11.8 Å². The second-order valence-electron chi connectivity index (χ2n) is 5.01. The molecule has 2 aromatic rings. The monoisotopic (exact) mass is 434 g/mol. The number of carbonyl (C=O) groups excluding carboxylic acids is 1. The summed E-state index contributed by atoms with van der Waals surface area (Å²) in [6.45, 7) is -0.473. The van der Waals surface area contributed by atoms with Crippen molar-refractivity contribution in [2.24, 2.45) is 0 Å². The van der Waals surface area contributed by atoms with Crippen LogP contribution in [-0.2, 0) is 9.59 Å². The Morgan fingerprint density at radius 1 is 1.31 bits per heavy atom. The maximum atomic E-state index is 12.2. The fourth-order valence-corrected chi connectivity index (χ4v) is 2.64. The lowest BCUT2D eigenvalue weighted by Crippen LogP contribution is -2.13. The lowest BCUT2D eigenvalue weighted by molar-refractivity contribution is -0.139. The van der Waals surface area contributed by atoms with Gasteiger partial charge in [-0.15, -0.1) is 0 Å². The zero-order chi connectivity index (χ0) is 19.1. The zero-order valence-corrected chi connectivity index (χ0v) is 15.5. The number of anilines is 1. The highest BCUT2D eigenvalue weighted by atomic mass is 79.9. The standard InChI is InChI=1S/C18H12BrClN2O4/c19-15-7-11(4-5-16(15)26-10-17(23)24)6-12(9-21)18(25)22-14-3-1-2-13(20)8-14/h1-8H,10H2,(H,22,25)(H,23,24)/b12-6+. The second kappa shape index (κ2) is 9.04. The molecule has 0 heterocycles. The van der Waals surface area contributed by atoms with Gasteiger partial charge in [-0.3, -0.25) is 4.79 Å². The van der Waals surface area contributed by atoms with Gasteiger partial charge in [0.25, 0.3) is 5.91 Å². The predicted octanol–water partition coefficient (Wildman–Crippen LogP) is 4.11. The van der Waals surface area contributed by atoms with E-state index >= 15 is 0 Å². The van der Waals surface area contributed by atoms with E-state index in [0.29, 0.717) is 26.5 Å². The first-order valence-electron chi connectivity index (χ1n) is 7.22. The molecular weight excluding hydrogens is 424 g/mol. The van der Waals surface area contributed by atoms with Crippen LogP contribution in [0.4, 0.5) is 5.69 Å². The van der Waals surface area contributed by atoms with Gasteiger partial charge in [-0.2, -0.15) is 5.26 Å². The van der Waals surface area contributed by atoms with Crippen molar-refractivity contribution in [3.63, 3.8) is 0 Å². The number of ether oxygens (including phenoxy) is 1. The number of halogens is 2. The van der Waals surface area contributed by atoms with Crippen LogP contribution < -0.4 is 10.1 Å². The Hall–Kier alpha value is -2.82. The lowest BCUT2D eigenvalue weighted by Gasteiger charge is -2.07. The number of hydrogen-bond donors (Lipinski definition) is 2. The fraction of sp³-hybridized carbons (Fsp3) is 0.0556. The third-order valence-corrected chi connectivity index (χ3v) is 3.92. The van der Waals surface area contributed by atoms with Gasteiger partial charge >= 0.3 is 5.97 Å². The maximum Gasteiger partial charge on any atom is 0.341 e. The number of carboxylic acid groups (broad SMARTS) is 1. The van der Waals surface area contributed by atoms with Gasteiger partial charge in [-0.1, -0.05) is 23.7 Å². The molecule has 0 unspecified atom stereocenters. The Kier molecular flexibility index (Phi) is 6.78. The van der Waals surface area contributed by atoms with Crippen molar-refractivity contribution < 1.29 is 19.4 Å². The van der Waals surface area contributed by atoms with E-state index in [9.17, 15) is 14.9 Å². The highest BCUT2D eigenvalue weighted by Crippen LogP contribution is 2.27. The number of aliphatic carboxylic acids is 1. The summed E-state index contributed by atoms with van der Waals surface area (Å²) in [4.78, 5) is 22.8. The zero-order valence-electron chi connectivity index (χ0n) is 13.2. The number of benzene rings is 2. The van der Waals surface area contributed by atoms with Crippen LogP contribution in [0.3, 0.4) is 0 Å². The molecule has 0 aromatic heterocycles. The summed E-state index contributed by atoms with van der Waals surface area (Å²) >= 11 is 9.13. The van der Waals surface area contributed by atoms with Crippen molar-refractivity contribution in [2.45, 2.75) is 0 Å². The molecule has 2 aromatic carbocycles. The minimum Gasteiger partial charge on any atom is -0.481 e. The highest BCUT2D eigenvalue weighted by Gasteiger charge is 2.11. The topological polar surface area (TPSA) is 99.4 Å². The summed E-state index contributed by atoms with van der Waals surface area (Å²) in [6, 6.07) is 13.2. The number of hydrogen-bond acceptors (Lipinski definition) is 4. The molecule has 0 spiro atoms. The van der Waals surface area contributed by atoms with Crippen molar-refractivity contribution >= 4 is 51.2 Å². The van der Waals surface area contributed by atoms with Crippen molar-refractivity contribution in [1.82, 2.24) is 0 Å². The summed E-state index contributed by atoms with van der Waals surface area (Å²) in [5, 5.41) is 20.9. The molecule has 26 heavy (non-hydrogen) atoms. The van der Waals surface area contributed by atoms with Gasteiger partial charge in [0.1, 0.15) is 17.4 Å². The van der Waals surface area contributed by atoms with E-state index in [0.717, 1.165) is 0 Å². The Morgan fingerprint density at radius 3 is 2.69 bits per heavy atom. The number of nitrogens with one attached hydrogen (secondary N) is 1. The van der Waals surface area contributed by atoms with Gasteiger partial charge in [0.2, 0.25) is 0 Å². The number of nitriles is 1. The summed E-state index contributed by atoms with van der Waals surface area (Å²) in [5.41, 5.74) is 0.940. The van der Waals surface area contributed by atoms with Crippen LogP contribution in [0.2, 0.25) is 5.02 Å². The molecule has 0 radical (unpaired) electrons. The quantitative estimate of drug-likeness (QED) is 0.525. The van der Waals surface area contributed by atoms with Crippen molar-refractivity contribution in [2.75, 3.05) is 11.9 Å². The van der Waals surface area contributed by atoms with Crippen LogP contribution in [0.1, 0.15) is 5.56 Å². The van der Waals surface area contributed by atoms with E-state index in [1.54, 1.807) is 42.5 Å². The van der Waals surface area contributed by atoms with Gasteiger partial charge in [0.15, 0.2) is 6.61 Å². The van der Waals surface area contributed by atoms with Crippen LogP contribution in [-0.4, -0.2) is 23.6 Å². The molecule has 0 saturated heterocycles. The second-order valence-corrected chi connectivity index (χ2v) is 6.30. The molecule has 132 valence electrons. The summed E-state index contributed by atoms with van der Waals surface area (Å²) in [6.07, 6.45) is 1.41. The molecule has 6 nitrogen and oxygen atoms in total. The average Bonchev–Trinajstić information content (AvgIpc) is 2.58. The number of rotatable bonds is 6. The molecule has 1 amide bonds. The van der Waals surface area contributed by atoms with Gasteiger partial charge in [0.05, 0.1) is 4.47 Å². The van der Waals surface area contributed by atoms with E-state index < -0.39 is 18.5 Å². The molecule has 0 atom stereocenters. The molecule has 0 aliphatic rings. The first kappa shape index (κ1) is 19.5. The van der Waals surface area contributed by atoms with E-state index in [1.165, 1.54) is 6.08 Å². The Balaban J connectivity index is 2.17. The van der Waals surface area contributed by atoms with Crippen LogP contribution in [0, 0.1) is 11.3 Å². The molecule has 2 rings (SSSR count). The van der Waals surface area contributed by atoms with Gasteiger partial charge in [-0.05, 0) is 57.9 Å². The predicted molar refractivity (Wildman–Crippen MR) is 101 cm³/mol. The molecule has 0 fully saturated rings. The maximum absolute atomic E-state index is 12.2. The lowest BCUT2D eigenvalue weighted by atomic mass is 10.1. The minimum absolute atomic E-state index is 0.101. The molecule has 8 heteroatoms. The Bertz CT molecular complexity index is 922. The Morgan fingerprint density at radius 2 is 2.08 bits per heavy atom. The first-order chi connectivity index (χ1) is 12.4. The number of amides is 1. The van der Waals surface area contributed by atoms with E-state index in [4.69, 9.17) is 21.4 Å². The molecule has 0 saturated carbocycles. The third kappa shape index (κ3) is 5.62. The highest BCUT2D eigenvalue weighted by molar-refractivity contribution is 9.10. The van der Waals surface area contributed by atoms with E-state index in [1.807, 2.05) is 6.07 Å². The van der Waals surface area contributed by atoms with Gasteiger partial charge in [0, 0.05) is 10.7 Å². The van der Waals surface area contributed by atoms with Crippen molar-refractivity contribution in [3.05, 3.63) is 63.1 Å². The number of carbonyl (C=O) groups is 2. The fourth-order valence-electron chi connectivity index (χ4n) is 1.94. The van der Waals surface area contributed by atoms with Crippen LogP contribution in [0.5, 0.6) is 5.75 Å². The van der Waals surface area contributed by atoms with Crippen LogP contribution in [0.25, 0.3) is 6.08 Å². The molecule has 0 aliphatic carbocycles. The van der Waals surface area contributed by atoms with E-state index in [-0.39, 0.29) is 5.57 Å². The number of carboxylic acids is 1. The van der Waals surface area contributed by atoms with Gasteiger partial charge < -0.3 is 15.2 Å². The largest absolute Gasteiger partial charge is 0.481 e. The smallest absolute Gasteiger partial charge is 0.341 e. The van der Waals surface area contributed by atoms with Crippen LogP contribution >= 0.6 is 27.5 Å². The third-order valence-electron chi connectivity index (χ3n) is 3.07. The molecule has 2 N–H and O–H groups in total. The minimum atomic E-state index is -1.09. The van der Waals surface area contributed by atoms with Gasteiger partial charge in [-0.25, -0.2) is 4.79 Å². The summed E-state index contributed by atoms with van der Waals surface area (Å²) in [5.74, 6) is -1.33. The normalized spacial score (nSPS) is 10.7. The average molecular weight is 436 g/mol. The summed E-state index contributed by atoms with van der Waals surface area (Å²) in [7, 11) is 0. The Labute approximate surface area is 162 Å². The first-order valence-corrected chi connectivity index (χ1v) is 8.39.